The van der Waals surface area contributed by atoms with E-state index in [2.05, 4.69) is 9.88 Å². The van der Waals surface area contributed by atoms with Gasteiger partial charge < -0.3 is 9.88 Å². The number of rotatable bonds is 2. The molecule has 134 valence electrons. The molecule has 7 heteroatoms. The summed E-state index contributed by atoms with van der Waals surface area (Å²) in [6.45, 7) is 5.39. The molecule has 0 radical (unpaired) electrons. The number of carbonyl (C=O) groups excluding carboxylic acids is 1. The Morgan fingerprint density at radius 3 is 2.68 bits per heavy atom. The summed E-state index contributed by atoms with van der Waals surface area (Å²) >= 11 is 1.71. The molecule has 0 aromatic carbocycles. The molecule has 1 amide bonds. The van der Waals surface area contributed by atoms with E-state index in [-0.39, 0.29) is 11.5 Å². The average Bonchev–Trinajstić information content (AvgIpc) is 2.77. The predicted octanol–water partition coefficient (Wildman–Crippen LogP) is 1.92. The van der Waals surface area contributed by atoms with Gasteiger partial charge in [0.15, 0.2) is 0 Å². The van der Waals surface area contributed by atoms with Crippen LogP contribution in [0.4, 0.5) is 0 Å². The Labute approximate surface area is 150 Å². The van der Waals surface area contributed by atoms with Crippen molar-refractivity contribution in [1.29, 1.82) is 0 Å². The lowest BCUT2D eigenvalue weighted by Gasteiger charge is -2.33. The number of thiophene rings is 1. The molecule has 1 N–H and O–H groups in total. The van der Waals surface area contributed by atoms with Gasteiger partial charge in [-0.05, 0) is 31.2 Å². The first kappa shape index (κ1) is 16.7. The molecule has 0 spiro atoms. The fourth-order valence-electron chi connectivity index (χ4n) is 3.89. The van der Waals surface area contributed by atoms with E-state index in [1.165, 1.54) is 29.7 Å². The predicted molar refractivity (Wildman–Crippen MR) is 99.0 cm³/mol. The molecule has 0 atom stereocenters. The summed E-state index contributed by atoms with van der Waals surface area (Å²) in [5, 5.41) is 0.826. The number of fused-ring (bicyclic) bond motifs is 3. The third-order valence-corrected chi connectivity index (χ3v) is 6.50. The number of H-pyrrole nitrogens is 1. The van der Waals surface area contributed by atoms with E-state index in [1.54, 1.807) is 18.3 Å². The number of hydrogen-bond acceptors (Lipinski definition) is 5. The molecule has 0 unspecified atom stereocenters. The molecule has 0 saturated carbocycles. The van der Waals surface area contributed by atoms with Crippen LogP contribution in [0.5, 0.6) is 0 Å². The highest BCUT2D eigenvalue weighted by Gasteiger charge is 2.21. The van der Waals surface area contributed by atoms with Crippen LogP contribution < -0.4 is 5.56 Å². The topological polar surface area (TPSA) is 69.3 Å². The zero-order chi connectivity index (χ0) is 17.4. The van der Waals surface area contributed by atoms with Crippen LogP contribution in [0.3, 0.4) is 0 Å². The Bertz CT molecular complexity index is 849. The van der Waals surface area contributed by atoms with Crippen molar-refractivity contribution in [3.8, 4) is 0 Å². The quantitative estimate of drug-likeness (QED) is 0.831. The summed E-state index contributed by atoms with van der Waals surface area (Å²) in [6.07, 6.45) is 5.72. The van der Waals surface area contributed by atoms with Crippen LogP contribution in [0, 0.1) is 0 Å². The first-order chi connectivity index (χ1) is 12.1. The lowest BCUT2D eigenvalue weighted by atomic mass is 10.1. The summed E-state index contributed by atoms with van der Waals surface area (Å²) < 4.78 is 0. The number of nitrogens with one attached hydrogen (secondary N) is 1. The molecule has 6 nitrogen and oxygen atoms in total. The van der Waals surface area contributed by atoms with Gasteiger partial charge in [0.2, 0.25) is 5.91 Å². The first-order valence-electron chi connectivity index (χ1n) is 9.13. The lowest BCUT2D eigenvalue weighted by Crippen LogP contribution is -2.47. The molecule has 2 aromatic heterocycles. The van der Waals surface area contributed by atoms with Crippen LogP contribution in [-0.2, 0) is 24.2 Å². The summed E-state index contributed by atoms with van der Waals surface area (Å²) in [6, 6.07) is 0. The van der Waals surface area contributed by atoms with Gasteiger partial charge in [-0.2, -0.15) is 0 Å². The van der Waals surface area contributed by atoms with Gasteiger partial charge in [-0.15, -0.1) is 11.3 Å². The average molecular weight is 360 g/mol. The third-order valence-electron chi connectivity index (χ3n) is 5.32. The van der Waals surface area contributed by atoms with Crippen molar-refractivity contribution in [2.24, 2.45) is 0 Å². The Morgan fingerprint density at radius 2 is 1.92 bits per heavy atom. The van der Waals surface area contributed by atoms with E-state index in [0.717, 1.165) is 55.1 Å². The highest BCUT2D eigenvalue weighted by Crippen LogP contribution is 2.32. The van der Waals surface area contributed by atoms with Gasteiger partial charge in [0.25, 0.3) is 5.56 Å². The van der Waals surface area contributed by atoms with Gasteiger partial charge in [-0.3, -0.25) is 14.5 Å². The van der Waals surface area contributed by atoms with Crippen molar-refractivity contribution >= 4 is 27.5 Å². The number of hydrogen-bond donors (Lipinski definition) is 1. The molecule has 0 bridgehead atoms. The van der Waals surface area contributed by atoms with Crippen LogP contribution in [0.15, 0.2) is 4.79 Å². The van der Waals surface area contributed by atoms with E-state index in [4.69, 9.17) is 4.98 Å². The Hall–Kier alpha value is -1.73. The number of amides is 1. The van der Waals surface area contributed by atoms with E-state index in [1.807, 2.05) is 4.90 Å². The molecule has 2 aliphatic rings. The maximum Gasteiger partial charge on any atom is 0.259 e. The number of aryl methyl sites for hydroxylation is 2. The number of carbonyl (C=O) groups is 1. The maximum absolute atomic E-state index is 12.7. The van der Waals surface area contributed by atoms with Gasteiger partial charge in [-0.1, -0.05) is 6.42 Å². The SMILES string of the molecule is CC(=O)N1CCN(Cc2nc3sc4c(c3c(=O)[nH]2)CCCCC4)CC1. The number of piperazine rings is 1. The Balaban J connectivity index is 1.56. The normalized spacial score (nSPS) is 19.0. The Kier molecular flexibility index (Phi) is 4.60. The van der Waals surface area contributed by atoms with E-state index >= 15 is 0 Å². The number of aromatic amines is 1. The molecule has 3 heterocycles. The van der Waals surface area contributed by atoms with Crippen molar-refractivity contribution in [3.63, 3.8) is 0 Å². The van der Waals surface area contributed by atoms with Crippen molar-refractivity contribution in [1.82, 2.24) is 19.8 Å². The van der Waals surface area contributed by atoms with Crippen molar-refractivity contribution in [2.75, 3.05) is 26.2 Å². The van der Waals surface area contributed by atoms with E-state index in [9.17, 15) is 9.59 Å². The summed E-state index contributed by atoms with van der Waals surface area (Å²) in [4.78, 5) is 38.2. The molecular weight excluding hydrogens is 336 g/mol. The van der Waals surface area contributed by atoms with Gasteiger partial charge in [0, 0.05) is 38.0 Å². The van der Waals surface area contributed by atoms with Crippen LogP contribution in [0.2, 0.25) is 0 Å². The fourth-order valence-corrected chi connectivity index (χ4v) is 5.17. The number of nitrogens with zero attached hydrogens (tertiary/aromatic N) is 3. The minimum atomic E-state index is 0.0155. The molecule has 25 heavy (non-hydrogen) atoms. The first-order valence-corrected chi connectivity index (χ1v) is 9.95. The largest absolute Gasteiger partial charge is 0.340 e. The Morgan fingerprint density at radius 1 is 1.16 bits per heavy atom. The maximum atomic E-state index is 12.7. The zero-order valence-electron chi connectivity index (χ0n) is 14.6. The highest BCUT2D eigenvalue weighted by atomic mass is 32.1. The monoisotopic (exact) mass is 360 g/mol. The molecule has 4 rings (SSSR count). The minimum Gasteiger partial charge on any atom is -0.340 e. The molecule has 2 aromatic rings. The number of aromatic nitrogens is 2. The second kappa shape index (κ2) is 6.88. The second-order valence-corrected chi connectivity index (χ2v) is 8.12. The second-order valence-electron chi connectivity index (χ2n) is 7.04. The van der Waals surface area contributed by atoms with Crippen LogP contribution in [0.1, 0.15) is 42.5 Å². The zero-order valence-corrected chi connectivity index (χ0v) is 15.5. The molecule has 1 aliphatic heterocycles. The highest BCUT2D eigenvalue weighted by molar-refractivity contribution is 7.18. The fraction of sp³-hybridized carbons (Fsp3) is 0.611. The van der Waals surface area contributed by atoms with E-state index in [0.29, 0.717) is 6.54 Å². The molecule has 1 saturated heterocycles. The van der Waals surface area contributed by atoms with Crippen molar-refractivity contribution in [2.45, 2.75) is 45.6 Å². The van der Waals surface area contributed by atoms with E-state index < -0.39 is 0 Å². The van der Waals surface area contributed by atoms with Gasteiger partial charge in [-0.25, -0.2) is 4.98 Å². The van der Waals surface area contributed by atoms with Gasteiger partial charge >= 0.3 is 0 Å². The van der Waals surface area contributed by atoms with Crippen LogP contribution in [-0.4, -0.2) is 51.9 Å². The van der Waals surface area contributed by atoms with Crippen molar-refractivity contribution in [3.05, 3.63) is 26.6 Å². The van der Waals surface area contributed by atoms with Crippen molar-refractivity contribution < 1.29 is 4.79 Å². The molecular formula is C18H24N4O2S. The molecule has 1 fully saturated rings. The summed E-state index contributed by atoms with van der Waals surface area (Å²) in [5.74, 6) is 0.873. The summed E-state index contributed by atoms with van der Waals surface area (Å²) in [5.41, 5.74) is 1.26. The summed E-state index contributed by atoms with van der Waals surface area (Å²) in [7, 11) is 0. The van der Waals surface area contributed by atoms with Gasteiger partial charge in [0.05, 0.1) is 11.9 Å². The third kappa shape index (κ3) is 3.35. The van der Waals surface area contributed by atoms with Crippen LogP contribution >= 0.6 is 11.3 Å². The smallest absolute Gasteiger partial charge is 0.259 e. The molecule has 1 aliphatic carbocycles. The van der Waals surface area contributed by atoms with Gasteiger partial charge in [0.1, 0.15) is 10.7 Å². The lowest BCUT2D eigenvalue weighted by molar-refractivity contribution is -0.130. The minimum absolute atomic E-state index is 0.0155. The standard InChI is InChI=1S/C18H24N4O2S/c1-12(23)22-9-7-21(8-10-22)11-15-19-17(24)16-13-5-3-2-4-6-14(13)25-18(16)20-15/h2-11H2,1H3,(H,19,20,24). The van der Waals surface area contributed by atoms with Crippen LogP contribution in [0.25, 0.3) is 10.2 Å².